The van der Waals surface area contributed by atoms with Crippen LogP contribution in [0.1, 0.15) is 18.2 Å². The average molecular weight is 360 g/mol. The van der Waals surface area contributed by atoms with E-state index in [9.17, 15) is 14.4 Å². The van der Waals surface area contributed by atoms with Crippen molar-refractivity contribution in [2.45, 2.75) is 26.3 Å². The lowest BCUT2D eigenvalue weighted by atomic mass is 10.0. The Hall–Kier alpha value is -3.16. The molecule has 8 nitrogen and oxygen atoms in total. The van der Waals surface area contributed by atoms with E-state index in [1.807, 2.05) is 30.3 Å². The molecule has 8 heteroatoms. The number of aryl methyl sites for hydroxylation is 1. The molecule has 0 saturated carbocycles. The molecule has 1 aromatic carbocycles. The van der Waals surface area contributed by atoms with E-state index in [-0.39, 0.29) is 11.7 Å². The van der Waals surface area contributed by atoms with Crippen LogP contribution < -0.4 is 10.1 Å². The summed E-state index contributed by atoms with van der Waals surface area (Å²) in [7, 11) is 0. The lowest BCUT2D eigenvalue weighted by Gasteiger charge is -2.16. The van der Waals surface area contributed by atoms with E-state index in [4.69, 9.17) is 14.0 Å². The van der Waals surface area contributed by atoms with E-state index in [1.54, 1.807) is 6.92 Å². The fraction of sp³-hybridized carbons (Fsp3) is 0.333. The molecule has 0 unspecified atom stereocenters. The maximum atomic E-state index is 11.9. The van der Waals surface area contributed by atoms with Crippen LogP contribution in [0.3, 0.4) is 0 Å². The first-order valence-corrected chi connectivity index (χ1v) is 7.99. The zero-order chi connectivity index (χ0) is 18.9. The number of ether oxygens (including phenoxy) is 2. The zero-order valence-corrected chi connectivity index (χ0v) is 14.6. The van der Waals surface area contributed by atoms with E-state index in [2.05, 4.69) is 10.5 Å². The van der Waals surface area contributed by atoms with Gasteiger partial charge < -0.3 is 19.3 Å². The van der Waals surface area contributed by atoms with Crippen molar-refractivity contribution in [3.63, 3.8) is 0 Å². The summed E-state index contributed by atoms with van der Waals surface area (Å²) in [6.45, 7) is 2.18. The van der Waals surface area contributed by atoms with Crippen LogP contribution in [0, 0.1) is 6.92 Å². The number of esters is 1. The molecule has 0 fully saturated rings. The summed E-state index contributed by atoms with van der Waals surface area (Å²) in [6, 6.07) is 10.1. The van der Waals surface area contributed by atoms with Crippen molar-refractivity contribution in [1.82, 2.24) is 10.5 Å². The van der Waals surface area contributed by atoms with Crippen LogP contribution in [0.25, 0.3) is 0 Å². The van der Waals surface area contributed by atoms with Gasteiger partial charge in [-0.1, -0.05) is 30.3 Å². The number of rotatable bonds is 9. The van der Waals surface area contributed by atoms with Crippen LogP contribution in [0.15, 0.2) is 40.9 Å². The summed E-state index contributed by atoms with van der Waals surface area (Å²) in [4.78, 5) is 35.2. The number of Topliss-reactive ketones (excluding diaryl/α,β-unsaturated/α-hetero) is 1. The summed E-state index contributed by atoms with van der Waals surface area (Å²) < 4.78 is 14.7. The summed E-state index contributed by atoms with van der Waals surface area (Å²) in [5, 5.41) is 6.12. The number of ketones is 1. The Balaban J connectivity index is 1.75. The van der Waals surface area contributed by atoms with Gasteiger partial charge in [-0.05, 0) is 31.0 Å². The van der Waals surface area contributed by atoms with Gasteiger partial charge in [0.2, 0.25) is 0 Å². The molecule has 1 aromatic heterocycles. The summed E-state index contributed by atoms with van der Waals surface area (Å²) in [6.07, 6.45) is 0.366. The lowest BCUT2D eigenvalue weighted by Crippen LogP contribution is -2.43. The van der Waals surface area contributed by atoms with Gasteiger partial charge in [0.1, 0.15) is 5.76 Å². The van der Waals surface area contributed by atoms with Gasteiger partial charge in [0.15, 0.2) is 19.0 Å². The molecule has 1 amide bonds. The second-order valence-corrected chi connectivity index (χ2v) is 5.65. The van der Waals surface area contributed by atoms with Crippen molar-refractivity contribution in [1.29, 1.82) is 0 Å². The molecule has 2 rings (SSSR count). The smallest absolute Gasteiger partial charge is 0.344 e. The van der Waals surface area contributed by atoms with Crippen LogP contribution in [-0.2, 0) is 25.5 Å². The Bertz CT molecular complexity index is 756. The molecular weight excluding hydrogens is 340 g/mol. The van der Waals surface area contributed by atoms with E-state index < -0.39 is 31.1 Å². The molecule has 0 radical (unpaired) electrons. The number of nitrogens with one attached hydrogen (secondary N) is 1. The first kappa shape index (κ1) is 19.2. The van der Waals surface area contributed by atoms with Crippen molar-refractivity contribution >= 4 is 17.7 Å². The molecule has 0 aliphatic rings. The minimum absolute atomic E-state index is 0.156. The predicted octanol–water partition coefficient (Wildman–Crippen LogP) is 1.22. The number of benzene rings is 1. The average Bonchev–Trinajstić information content (AvgIpc) is 3.04. The van der Waals surface area contributed by atoms with Gasteiger partial charge in [-0.25, -0.2) is 4.79 Å². The number of carbonyl (C=O) groups is 3. The molecule has 0 bridgehead atoms. The molecule has 1 N–H and O–H groups in total. The monoisotopic (exact) mass is 360 g/mol. The minimum atomic E-state index is -0.733. The molecule has 1 heterocycles. The molecular formula is C18H20N2O6. The van der Waals surface area contributed by atoms with E-state index in [0.29, 0.717) is 12.2 Å². The molecule has 0 aliphatic carbocycles. The topological polar surface area (TPSA) is 108 Å². The Kier molecular flexibility index (Phi) is 6.90. The summed E-state index contributed by atoms with van der Waals surface area (Å²) in [5.74, 6) is -0.780. The molecule has 0 aliphatic heterocycles. The maximum absolute atomic E-state index is 11.9. The Morgan fingerprint density at radius 1 is 1.19 bits per heavy atom. The van der Waals surface area contributed by atoms with Gasteiger partial charge in [0.25, 0.3) is 11.8 Å². The molecule has 0 spiro atoms. The highest BCUT2D eigenvalue weighted by atomic mass is 16.6. The Morgan fingerprint density at radius 3 is 2.54 bits per heavy atom. The quantitative estimate of drug-likeness (QED) is 0.670. The third-order valence-electron chi connectivity index (χ3n) is 3.42. The second kappa shape index (κ2) is 9.36. The first-order valence-electron chi connectivity index (χ1n) is 7.99. The SMILES string of the molecule is CC(=O)[C@@H](Cc1ccccc1)NC(=O)COC(=O)COc1cc(C)on1. The fourth-order valence-corrected chi connectivity index (χ4v) is 2.11. The highest BCUT2D eigenvalue weighted by molar-refractivity contribution is 5.88. The molecule has 1 atom stereocenters. The Morgan fingerprint density at radius 2 is 1.92 bits per heavy atom. The number of carbonyl (C=O) groups excluding carboxylic acids is 3. The third kappa shape index (κ3) is 6.39. The summed E-state index contributed by atoms with van der Waals surface area (Å²) >= 11 is 0. The van der Waals surface area contributed by atoms with Crippen LogP contribution in [0.5, 0.6) is 5.88 Å². The van der Waals surface area contributed by atoms with Gasteiger partial charge >= 0.3 is 5.97 Å². The van der Waals surface area contributed by atoms with E-state index >= 15 is 0 Å². The van der Waals surface area contributed by atoms with E-state index in [0.717, 1.165) is 5.56 Å². The van der Waals surface area contributed by atoms with Crippen molar-refractivity contribution in [2.75, 3.05) is 13.2 Å². The van der Waals surface area contributed by atoms with Crippen molar-refractivity contribution < 1.29 is 28.4 Å². The minimum Gasteiger partial charge on any atom is -0.463 e. The predicted molar refractivity (Wildman–Crippen MR) is 90.5 cm³/mol. The van der Waals surface area contributed by atoms with Crippen molar-refractivity contribution in [3.8, 4) is 5.88 Å². The molecule has 138 valence electrons. The molecule has 26 heavy (non-hydrogen) atoms. The number of amides is 1. The number of nitrogens with zero attached hydrogens (tertiary/aromatic N) is 1. The lowest BCUT2D eigenvalue weighted by molar-refractivity contribution is -0.150. The van der Waals surface area contributed by atoms with Crippen LogP contribution in [0.2, 0.25) is 0 Å². The number of hydrogen-bond acceptors (Lipinski definition) is 7. The maximum Gasteiger partial charge on any atom is 0.344 e. The van der Waals surface area contributed by atoms with Crippen molar-refractivity contribution in [2.24, 2.45) is 0 Å². The van der Waals surface area contributed by atoms with Crippen molar-refractivity contribution in [3.05, 3.63) is 47.7 Å². The Labute approximate surface area is 150 Å². The molecule has 2 aromatic rings. The highest BCUT2D eigenvalue weighted by Gasteiger charge is 2.18. The van der Waals surface area contributed by atoms with Crippen LogP contribution in [0.4, 0.5) is 0 Å². The third-order valence-corrected chi connectivity index (χ3v) is 3.42. The van der Waals surface area contributed by atoms with Gasteiger partial charge in [0.05, 0.1) is 6.04 Å². The normalized spacial score (nSPS) is 11.5. The number of aromatic nitrogens is 1. The van der Waals surface area contributed by atoms with Crippen LogP contribution in [-0.4, -0.2) is 42.1 Å². The number of hydrogen-bond donors (Lipinski definition) is 1. The molecule has 0 saturated heterocycles. The largest absolute Gasteiger partial charge is 0.463 e. The van der Waals surface area contributed by atoms with E-state index in [1.165, 1.54) is 13.0 Å². The van der Waals surface area contributed by atoms with Gasteiger partial charge in [0, 0.05) is 6.07 Å². The zero-order valence-electron chi connectivity index (χ0n) is 14.6. The van der Waals surface area contributed by atoms with Gasteiger partial charge in [-0.2, -0.15) is 0 Å². The van der Waals surface area contributed by atoms with Gasteiger partial charge in [-0.3, -0.25) is 9.59 Å². The highest BCUT2D eigenvalue weighted by Crippen LogP contribution is 2.09. The second-order valence-electron chi connectivity index (χ2n) is 5.65. The summed E-state index contributed by atoms with van der Waals surface area (Å²) in [5.41, 5.74) is 0.918. The first-order chi connectivity index (χ1) is 12.4. The van der Waals surface area contributed by atoms with Crippen LogP contribution >= 0.6 is 0 Å². The fourth-order valence-electron chi connectivity index (χ4n) is 2.11. The standard InChI is InChI=1S/C18H20N2O6/c1-12-8-17(20-26-12)24-11-18(23)25-10-16(22)19-15(13(2)21)9-14-6-4-3-5-7-14/h3-8,15H,9-11H2,1-2H3,(H,19,22)/t15-/m1/s1. The van der Waals surface area contributed by atoms with Gasteiger partial charge in [-0.15, -0.1) is 0 Å².